The van der Waals surface area contributed by atoms with Gasteiger partial charge in [0, 0.05) is 12.1 Å². The van der Waals surface area contributed by atoms with Gasteiger partial charge in [-0.3, -0.25) is 0 Å². The lowest BCUT2D eigenvalue weighted by Crippen LogP contribution is -2.62. The van der Waals surface area contributed by atoms with E-state index in [0.717, 1.165) is 30.9 Å². The van der Waals surface area contributed by atoms with Gasteiger partial charge in [-0.2, -0.15) is 0 Å². The first kappa shape index (κ1) is 12.6. The third-order valence-electron chi connectivity index (χ3n) is 6.87. The van der Waals surface area contributed by atoms with Crippen LogP contribution in [0.5, 0.6) is 0 Å². The largest absolute Gasteiger partial charge is 0.374 e. The summed E-state index contributed by atoms with van der Waals surface area (Å²) in [6.07, 6.45) is 10.7. The zero-order valence-electron chi connectivity index (χ0n) is 12.6. The highest BCUT2D eigenvalue weighted by molar-refractivity contribution is 5.06. The van der Waals surface area contributed by atoms with Gasteiger partial charge in [-0.1, -0.05) is 6.92 Å². The van der Waals surface area contributed by atoms with Crippen LogP contribution in [0.4, 0.5) is 0 Å². The summed E-state index contributed by atoms with van der Waals surface area (Å²) < 4.78 is 6.41. The maximum absolute atomic E-state index is 6.41. The molecule has 1 aliphatic heterocycles. The van der Waals surface area contributed by atoms with Crippen LogP contribution in [0.2, 0.25) is 0 Å². The standard InChI is InChI=1S/C17H29NO/c1-3-16(2)11-19-15(10-18-16)17-7-12-4-13(8-17)6-14(5-12)9-17/h12-15,18H,3-11H2,1-2H3. The lowest BCUT2D eigenvalue weighted by Gasteiger charge is -2.60. The van der Waals surface area contributed by atoms with E-state index in [1.807, 2.05) is 0 Å². The van der Waals surface area contributed by atoms with Crippen LogP contribution in [0.25, 0.3) is 0 Å². The minimum atomic E-state index is 0.221. The summed E-state index contributed by atoms with van der Waals surface area (Å²) in [7, 11) is 0. The van der Waals surface area contributed by atoms with Crippen molar-refractivity contribution in [2.75, 3.05) is 13.2 Å². The van der Waals surface area contributed by atoms with E-state index in [1.165, 1.54) is 44.9 Å². The van der Waals surface area contributed by atoms with Crippen LogP contribution in [-0.4, -0.2) is 24.8 Å². The van der Waals surface area contributed by atoms with Gasteiger partial charge in [-0.25, -0.2) is 0 Å². The van der Waals surface area contributed by atoms with Gasteiger partial charge in [0.2, 0.25) is 0 Å². The number of hydrogen-bond acceptors (Lipinski definition) is 2. The van der Waals surface area contributed by atoms with Gasteiger partial charge >= 0.3 is 0 Å². The number of hydrogen-bond donors (Lipinski definition) is 1. The molecular weight excluding hydrogens is 234 g/mol. The molecule has 0 aromatic heterocycles. The Morgan fingerprint density at radius 2 is 1.63 bits per heavy atom. The second-order valence-electron chi connectivity index (χ2n) is 8.37. The van der Waals surface area contributed by atoms with Crippen LogP contribution >= 0.6 is 0 Å². The molecule has 2 atom stereocenters. The highest BCUT2D eigenvalue weighted by atomic mass is 16.5. The highest BCUT2D eigenvalue weighted by Crippen LogP contribution is 2.61. The van der Waals surface area contributed by atoms with Crippen molar-refractivity contribution in [1.82, 2.24) is 5.32 Å². The van der Waals surface area contributed by atoms with Gasteiger partial charge in [-0.05, 0) is 75.0 Å². The Labute approximate surface area is 117 Å². The molecule has 0 aromatic rings. The first-order valence-electron chi connectivity index (χ1n) is 8.47. The summed E-state index contributed by atoms with van der Waals surface area (Å²) in [5, 5.41) is 3.80. The number of nitrogens with one attached hydrogen (secondary N) is 1. The number of morpholine rings is 1. The third-order valence-corrected chi connectivity index (χ3v) is 6.87. The van der Waals surface area contributed by atoms with Gasteiger partial charge < -0.3 is 10.1 Å². The Balaban J connectivity index is 1.51. The molecule has 4 bridgehead atoms. The maximum atomic E-state index is 6.41. The second kappa shape index (κ2) is 4.21. The average Bonchev–Trinajstić information content (AvgIpc) is 2.38. The molecular formula is C17H29NO. The van der Waals surface area contributed by atoms with E-state index in [1.54, 1.807) is 0 Å². The van der Waals surface area contributed by atoms with Crippen molar-refractivity contribution in [2.24, 2.45) is 23.2 Å². The molecule has 108 valence electrons. The van der Waals surface area contributed by atoms with Gasteiger partial charge in [0.25, 0.3) is 0 Å². The minimum absolute atomic E-state index is 0.221. The molecule has 2 nitrogen and oxygen atoms in total. The topological polar surface area (TPSA) is 21.3 Å². The summed E-state index contributed by atoms with van der Waals surface area (Å²) in [5.41, 5.74) is 0.773. The molecule has 1 N–H and O–H groups in total. The Bertz CT molecular complexity index is 321. The smallest absolute Gasteiger partial charge is 0.0756 e. The van der Waals surface area contributed by atoms with Crippen LogP contribution in [0.15, 0.2) is 0 Å². The number of ether oxygens (including phenoxy) is 1. The van der Waals surface area contributed by atoms with Crippen molar-refractivity contribution in [3.05, 3.63) is 0 Å². The predicted octanol–water partition coefficient (Wildman–Crippen LogP) is 3.36. The molecule has 0 radical (unpaired) electrons. The van der Waals surface area contributed by atoms with Crippen molar-refractivity contribution < 1.29 is 4.74 Å². The fourth-order valence-corrected chi connectivity index (χ4v) is 5.93. The van der Waals surface area contributed by atoms with Gasteiger partial charge in [-0.15, -0.1) is 0 Å². The van der Waals surface area contributed by atoms with Crippen molar-refractivity contribution in [3.8, 4) is 0 Å². The predicted molar refractivity (Wildman–Crippen MR) is 77.0 cm³/mol. The monoisotopic (exact) mass is 263 g/mol. The van der Waals surface area contributed by atoms with Crippen molar-refractivity contribution in [1.29, 1.82) is 0 Å². The maximum Gasteiger partial charge on any atom is 0.0756 e. The first-order valence-corrected chi connectivity index (χ1v) is 8.47. The Kier molecular flexibility index (Phi) is 2.80. The van der Waals surface area contributed by atoms with Crippen molar-refractivity contribution in [3.63, 3.8) is 0 Å². The van der Waals surface area contributed by atoms with Crippen LogP contribution < -0.4 is 5.32 Å². The molecule has 1 saturated heterocycles. The number of rotatable bonds is 2. The summed E-state index contributed by atoms with van der Waals surface area (Å²) in [6.45, 7) is 6.58. The van der Waals surface area contributed by atoms with E-state index < -0.39 is 0 Å². The average molecular weight is 263 g/mol. The Hall–Kier alpha value is -0.0800. The quantitative estimate of drug-likeness (QED) is 0.825. The molecule has 2 unspecified atom stereocenters. The fourth-order valence-electron chi connectivity index (χ4n) is 5.93. The lowest BCUT2D eigenvalue weighted by atomic mass is 9.48. The SMILES string of the molecule is CCC1(C)COC(C23CC4CC(CC(C4)C2)C3)CN1. The van der Waals surface area contributed by atoms with E-state index in [-0.39, 0.29) is 5.54 Å². The molecule has 5 fully saturated rings. The molecule has 0 aromatic carbocycles. The molecule has 0 spiro atoms. The fraction of sp³-hybridized carbons (Fsp3) is 1.00. The lowest BCUT2D eigenvalue weighted by molar-refractivity contribution is -0.164. The molecule has 19 heavy (non-hydrogen) atoms. The van der Waals surface area contributed by atoms with E-state index >= 15 is 0 Å². The molecule has 1 heterocycles. The summed E-state index contributed by atoms with van der Waals surface area (Å²) >= 11 is 0. The van der Waals surface area contributed by atoms with Gasteiger partial charge in [0.05, 0.1) is 12.7 Å². The molecule has 0 amide bonds. The Morgan fingerprint density at radius 3 is 2.05 bits per heavy atom. The molecule has 4 aliphatic carbocycles. The first-order chi connectivity index (χ1) is 9.11. The Morgan fingerprint density at radius 1 is 1.05 bits per heavy atom. The summed E-state index contributed by atoms with van der Waals surface area (Å²) in [4.78, 5) is 0. The molecule has 5 aliphatic rings. The second-order valence-corrected chi connectivity index (χ2v) is 8.37. The minimum Gasteiger partial charge on any atom is -0.374 e. The van der Waals surface area contributed by atoms with Crippen LogP contribution in [0, 0.1) is 23.2 Å². The highest BCUT2D eigenvalue weighted by Gasteiger charge is 2.55. The van der Waals surface area contributed by atoms with Gasteiger partial charge in [0.15, 0.2) is 0 Å². The van der Waals surface area contributed by atoms with E-state index in [9.17, 15) is 0 Å². The van der Waals surface area contributed by atoms with Crippen molar-refractivity contribution in [2.45, 2.75) is 70.4 Å². The summed E-state index contributed by atoms with van der Waals surface area (Å²) in [6, 6.07) is 0. The zero-order valence-corrected chi connectivity index (χ0v) is 12.6. The van der Waals surface area contributed by atoms with E-state index in [2.05, 4.69) is 19.2 Å². The van der Waals surface area contributed by atoms with E-state index in [4.69, 9.17) is 4.74 Å². The van der Waals surface area contributed by atoms with Crippen molar-refractivity contribution >= 4 is 0 Å². The van der Waals surface area contributed by atoms with Crippen LogP contribution in [0.3, 0.4) is 0 Å². The zero-order chi connectivity index (χ0) is 13.1. The molecule has 5 rings (SSSR count). The normalized spacial score (nSPS) is 56.5. The summed E-state index contributed by atoms with van der Waals surface area (Å²) in [5.74, 6) is 3.11. The van der Waals surface area contributed by atoms with Crippen LogP contribution in [-0.2, 0) is 4.74 Å². The molecule has 2 heteroatoms. The third kappa shape index (κ3) is 1.98. The molecule has 4 saturated carbocycles. The van der Waals surface area contributed by atoms with E-state index in [0.29, 0.717) is 11.5 Å². The van der Waals surface area contributed by atoms with Gasteiger partial charge in [0.1, 0.15) is 0 Å². The van der Waals surface area contributed by atoms with Crippen LogP contribution in [0.1, 0.15) is 58.8 Å².